The molecule has 5 heterocycles. The molecule has 0 bridgehead atoms. The van der Waals surface area contributed by atoms with E-state index in [9.17, 15) is 18.3 Å². The molecule has 4 aromatic rings. The van der Waals surface area contributed by atoms with E-state index in [1.807, 2.05) is 4.90 Å². The highest BCUT2D eigenvalue weighted by Crippen LogP contribution is 2.39. The number of aliphatic hydroxyl groups excluding tert-OH is 1. The summed E-state index contributed by atoms with van der Waals surface area (Å²) in [6, 6.07) is 6.16. The fourth-order valence-electron chi connectivity index (χ4n) is 4.85. The highest BCUT2D eigenvalue weighted by atomic mass is 19.1. The van der Waals surface area contributed by atoms with Gasteiger partial charge in [-0.2, -0.15) is 4.98 Å². The van der Waals surface area contributed by atoms with Crippen molar-refractivity contribution < 1.29 is 22.8 Å². The van der Waals surface area contributed by atoms with Crippen molar-refractivity contribution in [1.29, 1.82) is 0 Å². The average molecular weight is 497 g/mol. The van der Waals surface area contributed by atoms with Crippen LogP contribution >= 0.6 is 0 Å². The molecule has 3 aromatic heterocycles. The molecule has 2 aliphatic rings. The summed E-state index contributed by atoms with van der Waals surface area (Å²) < 4.78 is 48.4. The number of alkyl halides is 1. The normalized spacial score (nSPS) is 21.0. The van der Waals surface area contributed by atoms with Gasteiger partial charge in [0.05, 0.1) is 24.2 Å². The van der Waals surface area contributed by atoms with Crippen LogP contribution in [0.15, 0.2) is 41.2 Å². The number of aliphatic hydroxyl groups is 1. The zero-order chi connectivity index (χ0) is 24.8. The molecule has 2 fully saturated rings. The van der Waals surface area contributed by atoms with Crippen molar-refractivity contribution in [3.8, 4) is 11.5 Å². The van der Waals surface area contributed by atoms with Crippen LogP contribution in [0.3, 0.4) is 0 Å². The summed E-state index contributed by atoms with van der Waals surface area (Å²) in [6.45, 7) is 1.16. The lowest BCUT2D eigenvalue weighted by Crippen LogP contribution is -2.35. The molecule has 12 heteroatoms. The average Bonchev–Trinajstić information content (AvgIpc) is 3.52. The van der Waals surface area contributed by atoms with Gasteiger partial charge >= 0.3 is 6.01 Å². The predicted octanol–water partition coefficient (Wildman–Crippen LogP) is 3.60. The molecule has 0 saturated carbocycles. The summed E-state index contributed by atoms with van der Waals surface area (Å²) in [7, 11) is 0. The lowest BCUT2D eigenvalue weighted by molar-refractivity contribution is 0.143. The lowest BCUT2D eigenvalue weighted by atomic mass is 10.0. The van der Waals surface area contributed by atoms with Crippen molar-refractivity contribution >= 4 is 22.9 Å². The van der Waals surface area contributed by atoms with E-state index in [0.29, 0.717) is 54.5 Å². The molecule has 186 valence electrons. The first-order valence-electron chi connectivity index (χ1n) is 11.7. The van der Waals surface area contributed by atoms with Gasteiger partial charge in [0.15, 0.2) is 0 Å². The first-order valence-corrected chi connectivity index (χ1v) is 11.7. The van der Waals surface area contributed by atoms with Crippen molar-refractivity contribution in [1.82, 2.24) is 25.1 Å². The minimum absolute atomic E-state index is 0.0109. The van der Waals surface area contributed by atoms with E-state index in [2.05, 4.69) is 25.1 Å². The standard InChI is InChI=1S/C24H22F3N7O2/c25-13-1-2-17(27)16(9-13)19-10-14(26)11-34(19)20-4-3-18-21(30-20)22(29-12-28-18)23-31-24(36-32-23)33-7-5-15(35)6-8-33/h1-4,9,12,14-15,19,35H,5-8,10-11H2/t14-,19+/m0/s1. The Hall–Kier alpha value is -3.80. The van der Waals surface area contributed by atoms with Crippen molar-refractivity contribution in [3.63, 3.8) is 0 Å². The van der Waals surface area contributed by atoms with Gasteiger partial charge in [-0.1, -0.05) is 5.16 Å². The monoisotopic (exact) mass is 497 g/mol. The molecule has 2 aliphatic heterocycles. The summed E-state index contributed by atoms with van der Waals surface area (Å²) in [6.07, 6.45) is 1.03. The van der Waals surface area contributed by atoms with E-state index < -0.39 is 23.8 Å². The van der Waals surface area contributed by atoms with E-state index >= 15 is 0 Å². The predicted molar refractivity (Wildman–Crippen MR) is 124 cm³/mol. The molecular formula is C24H22F3N7O2. The van der Waals surface area contributed by atoms with Crippen molar-refractivity contribution in [2.24, 2.45) is 0 Å². The second-order valence-electron chi connectivity index (χ2n) is 9.05. The molecule has 6 rings (SSSR count). The Morgan fingerprint density at radius 3 is 2.69 bits per heavy atom. The van der Waals surface area contributed by atoms with E-state index in [1.165, 1.54) is 6.33 Å². The van der Waals surface area contributed by atoms with E-state index in [4.69, 9.17) is 4.52 Å². The molecule has 1 aromatic carbocycles. The Morgan fingerprint density at radius 1 is 1.03 bits per heavy atom. The highest BCUT2D eigenvalue weighted by molar-refractivity contribution is 5.87. The third kappa shape index (κ3) is 4.11. The summed E-state index contributed by atoms with van der Waals surface area (Å²) in [4.78, 5) is 21.2. The largest absolute Gasteiger partial charge is 0.393 e. The molecule has 0 amide bonds. The Bertz CT molecular complexity index is 1410. The molecule has 0 spiro atoms. The van der Waals surface area contributed by atoms with E-state index in [0.717, 1.165) is 18.2 Å². The number of fused-ring (bicyclic) bond motifs is 1. The summed E-state index contributed by atoms with van der Waals surface area (Å²) >= 11 is 0. The maximum absolute atomic E-state index is 14.6. The summed E-state index contributed by atoms with van der Waals surface area (Å²) in [5, 5.41) is 13.8. The Morgan fingerprint density at radius 2 is 1.86 bits per heavy atom. The number of piperidine rings is 1. The fraction of sp³-hybridized carbons (Fsp3) is 0.375. The topological polar surface area (TPSA) is 104 Å². The van der Waals surface area contributed by atoms with Crippen LogP contribution in [0.1, 0.15) is 30.9 Å². The molecule has 0 aliphatic carbocycles. The number of benzene rings is 1. The first-order chi connectivity index (χ1) is 17.5. The van der Waals surface area contributed by atoms with Crippen molar-refractivity contribution in [3.05, 3.63) is 53.9 Å². The Kier molecular flexibility index (Phi) is 5.67. The fourth-order valence-corrected chi connectivity index (χ4v) is 4.85. The second-order valence-corrected chi connectivity index (χ2v) is 9.05. The van der Waals surface area contributed by atoms with Crippen LogP contribution in [0.4, 0.5) is 25.0 Å². The number of hydrogen-bond acceptors (Lipinski definition) is 9. The number of halogens is 3. The second kappa shape index (κ2) is 9.01. The van der Waals surface area contributed by atoms with Gasteiger partial charge in [-0.15, -0.1) is 0 Å². The molecule has 2 atom stereocenters. The molecule has 9 nitrogen and oxygen atoms in total. The Balaban J connectivity index is 1.37. The molecule has 0 radical (unpaired) electrons. The molecule has 36 heavy (non-hydrogen) atoms. The highest BCUT2D eigenvalue weighted by Gasteiger charge is 2.36. The number of nitrogens with zero attached hydrogens (tertiary/aromatic N) is 7. The number of pyridine rings is 1. The summed E-state index contributed by atoms with van der Waals surface area (Å²) in [5.41, 5.74) is 1.30. The van der Waals surface area contributed by atoms with Crippen LogP contribution in [0, 0.1) is 11.6 Å². The summed E-state index contributed by atoms with van der Waals surface area (Å²) in [5.74, 6) is -0.603. The zero-order valence-electron chi connectivity index (χ0n) is 19.1. The molecule has 0 unspecified atom stereocenters. The third-order valence-electron chi connectivity index (χ3n) is 6.69. The van der Waals surface area contributed by atoms with E-state index in [1.54, 1.807) is 17.0 Å². The van der Waals surface area contributed by atoms with Crippen LogP contribution in [0.25, 0.3) is 22.6 Å². The zero-order valence-corrected chi connectivity index (χ0v) is 19.1. The van der Waals surface area contributed by atoms with Gasteiger partial charge in [0.2, 0.25) is 5.82 Å². The number of aromatic nitrogens is 5. The smallest absolute Gasteiger partial charge is 0.324 e. The van der Waals surface area contributed by atoms with Crippen LogP contribution in [0.5, 0.6) is 0 Å². The maximum Gasteiger partial charge on any atom is 0.324 e. The van der Waals surface area contributed by atoms with Gasteiger partial charge in [-0.05, 0) is 43.2 Å². The van der Waals surface area contributed by atoms with Gasteiger partial charge in [0.25, 0.3) is 0 Å². The van der Waals surface area contributed by atoms with Crippen LogP contribution in [-0.2, 0) is 0 Å². The maximum atomic E-state index is 14.6. The first kappa shape index (κ1) is 22.7. The van der Waals surface area contributed by atoms with Crippen LogP contribution < -0.4 is 9.80 Å². The Labute approximate surface area is 203 Å². The minimum atomic E-state index is -1.23. The van der Waals surface area contributed by atoms with Gasteiger partial charge in [-0.3, -0.25) is 0 Å². The van der Waals surface area contributed by atoms with Crippen LogP contribution in [0.2, 0.25) is 0 Å². The van der Waals surface area contributed by atoms with Gasteiger partial charge < -0.3 is 19.4 Å². The number of hydrogen-bond donors (Lipinski definition) is 1. The number of rotatable bonds is 4. The third-order valence-corrected chi connectivity index (χ3v) is 6.69. The van der Waals surface area contributed by atoms with Gasteiger partial charge in [0.1, 0.15) is 41.2 Å². The van der Waals surface area contributed by atoms with Gasteiger partial charge in [-0.25, -0.2) is 28.1 Å². The SMILES string of the molecule is OC1CCN(c2nc(-c3ncnc4ccc(N5C[C@@H](F)C[C@@H]5c5cc(F)ccc5F)nc34)no2)CC1. The van der Waals surface area contributed by atoms with Gasteiger partial charge in [0, 0.05) is 25.1 Å². The molecule has 2 saturated heterocycles. The van der Waals surface area contributed by atoms with Crippen molar-refractivity contribution in [2.75, 3.05) is 29.4 Å². The lowest BCUT2D eigenvalue weighted by Gasteiger charge is -2.27. The van der Waals surface area contributed by atoms with Crippen LogP contribution in [-0.4, -0.2) is 62.1 Å². The quantitative estimate of drug-likeness (QED) is 0.453. The number of anilines is 2. The molecular weight excluding hydrogens is 475 g/mol. The molecule has 1 N–H and O–H groups in total. The van der Waals surface area contributed by atoms with E-state index in [-0.39, 0.29) is 30.5 Å². The van der Waals surface area contributed by atoms with Crippen molar-refractivity contribution in [2.45, 2.75) is 37.6 Å². The minimum Gasteiger partial charge on any atom is -0.393 e.